The fourth-order valence-electron chi connectivity index (χ4n) is 3.98. The molecule has 1 spiro atoms. The molecule has 2 aromatic carbocycles. The Morgan fingerprint density at radius 3 is 2.81 bits per heavy atom. The van der Waals surface area contributed by atoms with Crippen LogP contribution in [0.1, 0.15) is 32.1 Å². The number of ether oxygens (including phenoxy) is 3. The molecule has 2 heterocycles. The van der Waals surface area contributed by atoms with Crippen LogP contribution in [0.5, 0.6) is 17.2 Å². The van der Waals surface area contributed by atoms with Crippen LogP contribution in [-0.2, 0) is 11.3 Å². The summed E-state index contributed by atoms with van der Waals surface area (Å²) < 4.78 is 17.4. The molecule has 160 valence electrons. The molecule has 5 rings (SSSR count). The van der Waals surface area contributed by atoms with Crippen LogP contribution in [0, 0.1) is 0 Å². The quantitative estimate of drug-likeness (QED) is 0.674. The Kier molecular flexibility index (Phi) is 4.93. The molecule has 0 radical (unpaired) electrons. The lowest BCUT2D eigenvalue weighted by Gasteiger charge is -2.31. The van der Waals surface area contributed by atoms with E-state index in [9.17, 15) is 4.79 Å². The Hall–Kier alpha value is -3.62. The molecule has 0 unspecified atom stereocenters. The van der Waals surface area contributed by atoms with Gasteiger partial charge in [-0.25, -0.2) is 0 Å². The van der Waals surface area contributed by atoms with Crippen LogP contribution in [0.4, 0.5) is 5.69 Å². The number of carbonyl (C=O) groups excluding carboxylic acids is 1. The molecule has 3 aromatic rings. The summed E-state index contributed by atoms with van der Waals surface area (Å²) in [4.78, 5) is 13.7. The fraction of sp³-hybridized carbons (Fsp3) is 0.364. The van der Waals surface area contributed by atoms with Gasteiger partial charge in [-0.3, -0.25) is 4.79 Å². The van der Waals surface area contributed by atoms with Crippen molar-refractivity contribution in [1.29, 1.82) is 0 Å². The van der Waals surface area contributed by atoms with E-state index in [1.54, 1.807) is 19.2 Å². The number of anilines is 1. The van der Waals surface area contributed by atoms with Crippen molar-refractivity contribution in [2.75, 3.05) is 12.4 Å². The molecule has 1 saturated carbocycles. The number of nitrogens with one attached hydrogen (secondary N) is 1. The zero-order valence-electron chi connectivity index (χ0n) is 17.2. The van der Waals surface area contributed by atoms with Crippen molar-refractivity contribution in [2.45, 2.75) is 44.4 Å². The third-order valence-electron chi connectivity index (χ3n) is 5.50. The molecule has 2 aliphatic rings. The minimum Gasteiger partial charge on any atom is -0.497 e. The second-order valence-corrected chi connectivity index (χ2v) is 7.76. The lowest BCUT2D eigenvalue weighted by Crippen LogP contribution is -2.40. The second kappa shape index (κ2) is 7.90. The number of aromatic nitrogens is 4. The Balaban J connectivity index is 1.23. The van der Waals surface area contributed by atoms with Crippen LogP contribution in [0.2, 0.25) is 0 Å². The monoisotopic (exact) mass is 421 g/mol. The van der Waals surface area contributed by atoms with Crippen molar-refractivity contribution in [2.24, 2.45) is 0 Å². The molecule has 1 aliphatic carbocycles. The maximum absolute atomic E-state index is 12.5. The summed E-state index contributed by atoms with van der Waals surface area (Å²) in [6.45, 7) is -0.0602. The van der Waals surface area contributed by atoms with Gasteiger partial charge in [0, 0.05) is 30.2 Å². The Bertz CT molecular complexity index is 1110. The van der Waals surface area contributed by atoms with Crippen LogP contribution in [0.25, 0.3) is 11.4 Å². The molecule has 1 fully saturated rings. The highest BCUT2D eigenvalue weighted by Crippen LogP contribution is 2.46. The van der Waals surface area contributed by atoms with E-state index in [1.165, 1.54) is 11.2 Å². The predicted molar refractivity (Wildman–Crippen MR) is 112 cm³/mol. The number of fused-ring (bicyclic) bond motifs is 1. The number of benzene rings is 2. The zero-order chi connectivity index (χ0) is 21.3. The van der Waals surface area contributed by atoms with Gasteiger partial charge in [-0.2, -0.15) is 4.80 Å². The first-order valence-electron chi connectivity index (χ1n) is 10.4. The number of methoxy groups -OCH3 is 1. The van der Waals surface area contributed by atoms with Crippen molar-refractivity contribution < 1.29 is 19.0 Å². The van der Waals surface area contributed by atoms with E-state index in [2.05, 4.69) is 20.7 Å². The van der Waals surface area contributed by atoms with Gasteiger partial charge in [0.05, 0.1) is 7.11 Å². The summed E-state index contributed by atoms with van der Waals surface area (Å²) in [5.41, 5.74) is 1.40. The predicted octanol–water partition coefficient (Wildman–Crippen LogP) is 3.42. The molecule has 0 saturated heterocycles. The van der Waals surface area contributed by atoms with E-state index in [4.69, 9.17) is 14.2 Å². The minimum absolute atomic E-state index is 0.0602. The Morgan fingerprint density at radius 1 is 1.13 bits per heavy atom. The van der Waals surface area contributed by atoms with Gasteiger partial charge in [0.1, 0.15) is 12.3 Å². The molecule has 0 atom stereocenters. The number of hydrogen-bond donors (Lipinski definition) is 1. The summed E-state index contributed by atoms with van der Waals surface area (Å²) >= 11 is 0. The zero-order valence-corrected chi connectivity index (χ0v) is 17.2. The third-order valence-corrected chi connectivity index (χ3v) is 5.50. The summed E-state index contributed by atoms with van der Waals surface area (Å²) in [7, 11) is 1.60. The first kappa shape index (κ1) is 19.3. The number of nitrogens with zero attached hydrogens (tertiary/aromatic N) is 4. The highest BCUT2D eigenvalue weighted by molar-refractivity contribution is 5.90. The Labute approximate surface area is 179 Å². The van der Waals surface area contributed by atoms with Crippen LogP contribution in [0.3, 0.4) is 0 Å². The van der Waals surface area contributed by atoms with Crippen LogP contribution in [-0.4, -0.2) is 39.0 Å². The van der Waals surface area contributed by atoms with E-state index in [1.807, 2.05) is 30.3 Å². The van der Waals surface area contributed by atoms with Gasteiger partial charge in [-0.15, -0.1) is 10.2 Å². The van der Waals surface area contributed by atoms with Crippen LogP contribution in [0.15, 0.2) is 42.5 Å². The Morgan fingerprint density at radius 2 is 1.97 bits per heavy atom. The van der Waals surface area contributed by atoms with Gasteiger partial charge in [0.2, 0.25) is 11.7 Å². The van der Waals surface area contributed by atoms with Crippen molar-refractivity contribution in [3.05, 3.63) is 42.5 Å². The minimum atomic E-state index is -0.537. The summed E-state index contributed by atoms with van der Waals surface area (Å²) in [5, 5.41) is 15.1. The van der Waals surface area contributed by atoms with E-state index in [-0.39, 0.29) is 12.5 Å². The summed E-state index contributed by atoms with van der Waals surface area (Å²) in [5.74, 6) is 1.71. The lowest BCUT2D eigenvalue weighted by molar-refractivity contribution is -0.117. The molecule has 1 amide bonds. The molecule has 1 aromatic heterocycles. The maximum atomic E-state index is 12.5. The molecular formula is C22H23N5O4. The highest BCUT2D eigenvalue weighted by Gasteiger charge is 2.42. The molecule has 31 heavy (non-hydrogen) atoms. The largest absolute Gasteiger partial charge is 0.497 e. The number of hydrogen-bond acceptors (Lipinski definition) is 7. The normalized spacial score (nSPS) is 16.3. The molecule has 9 nitrogen and oxygen atoms in total. The maximum Gasteiger partial charge on any atom is 0.251 e. The third kappa shape index (κ3) is 4.03. The first-order valence-corrected chi connectivity index (χ1v) is 10.4. The van der Waals surface area contributed by atoms with Crippen molar-refractivity contribution in [3.8, 4) is 28.6 Å². The van der Waals surface area contributed by atoms with Crippen LogP contribution < -0.4 is 19.5 Å². The van der Waals surface area contributed by atoms with Crippen LogP contribution >= 0.6 is 0 Å². The van der Waals surface area contributed by atoms with Gasteiger partial charge < -0.3 is 19.5 Å². The first-order chi connectivity index (χ1) is 15.1. The average Bonchev–Trinajstić information content (AvgIpc) is 3.38. The molecular weight excluding hydrogens is 398 g/mol. The SMILES string of the molecule is COc1cccc(-c2nnn(CC(=O)Nc3ccc4c(c3)OC3(CCCCC3)O4)n2)c1. The highest BCUT2D eigenvalue weighted by atomic mass is 16.7. The van der Waals surface area contributed by atoms with Crippen molar-refractivity contribution >= 4 is 11.6 Å². The molecule has 9 heteroatoms. The average molecular weight is 421 g/mol. The summed E-state index contributed by atoms with van der Waals surface area (Å²) in [6, 6.07) is 12.8. The molecule has 1 aliphatic heterocycles. The van der Waals surface area contributed by atoms with Crippen molar-refractivity contribution in [1.82, 2.24) is 20.2 Å². The van der Waals surface area contributed by atoms with Gasteiger partial charge >= 0.3 is 0 Å². The topological polar surface area (TPSA) is 100 Å². The number of amides is 1. The van der Waals surface area contributed by atoms with E-state index < -0.39 is 5.79 Å². The van der Waals surface area contributed by atoms with Gasteiger partial charge in [0.15, 0.2) is 11.5 Å². The molecule has 0 bridgehead atoms. The van der Waals surface area contributed by atoms with Crippen molar-refractivity contribution in [3.63, 3.8) is 0 Å². The van der Waals surface area contributed by atoms with Gasteiger partial charge in [-0.1, -0.05) is 18.6 Å². The van der Waals surface area contributed by atoms with E-state index in [0.717, 1.165) is 37.0 Å². The number of tetrazole rings is 1. The van der Waals surface area contributed by atoms with E-state index >= 15 is 0 Å². The second-order valence-electron chi connectivity index (χ2n) is 7.76. The number of carbonyl (C=O) groups is 1. The standard InChI is InChI=1S/C22H23N5O4/c1-29-17-7-5-6-15(12-17)21-24-26-27(25-21)14-20(28)23-16-8-9-18-19(13-16)31-22(30-18)10-3-2-4-11-22/h5-9,12-13H,2-4,10-11,14H2,1H3,(H,23,28). The van der Waals surface area contributed by atoms with E-state index in [0.29, 0.717) is 23.0 Å². The number of rotatable bonds is 5. The fourth-order valence-corrected chi connectivity index (χ4v) is 3.98. The lowest BCUT2D eigenvalue weighted by atomic mass is 9.94. The van der Waals surface area contributed by atoms with Gasteiger partial charge in [-0.05, 0) is 42.3 Å². The smallest absolute Gasteiger partial charge is 0.251 e. The summed E-state index contributed by atoms with van der Waals surface area (Å²) in [6.07, 6.45) is 5.18. The molecule has 1 N–H and O–H groups in total. The van der Waals surface area contributed by atoms with Gasteiger partial charge in [0.25, 0.3) is 5.79 Å².